The van der Waals surface area contributed by atoms with Gasteiger partial charge < -0.3 is 10.6 Å². The number of alkyl halides is 5. The van der Waals surface area contributed by atoms with E-state index in [2.05, 4.69) is 15.6 Å². The molecular formula is C27H27F5N4O3S. The number of nitrogens with zero attached hydrogens (tertiary/aromatic N) is 2. The molecule has 3 atom stereocenters. The number of benzene rings is 2. The fraction of sp³-hybridized carbons (Fsp3) is 0.333. The minimum atomic E-state index is -4.71. The van der Waals surface area contributed by atoms with E-state index in [0.717, 1.165) is 22.7 Å². The van der Waals surface area contributed by atoms with Crippen LogP contribution in [0.2, 0.25) is 0 Å². The average molecular weight is 583 g/mol. The third kappa shape index (κ3) is 6.69. The molecule has 40 heavy (non-hydrogen) atoms. The van der Waals surface area contributed by atoms with Gasteiger partial charge in [-0.1, -0.05) is 18.2 Å². The second-order valence-electron chi connectivity index (χ2n) is 9.57. The van der Waals surface area contributed by atoms with Crippen LogP contribution in [0.5, 0.6) is 0 Å². The lowest BCUT2D eigenvalue weighted by Gasteiger charge is -2.21. The van der Waals surface area contributed by atoms with Crippen molar-refractivity contribution in [2.24, 2.45) is 5.92 Å². The van der Waals surface area contributed by atoms with Crippen LogP contribution in [-0.4, -0.2) is 44.8 Å². The molecule has 0 spiro atoms. The van der Waals surface area contributed by atoms with Crippen molar-refractivity contribution in [1.82, 2.24) is 4.98 Å². The summed E-state index contributed by atoms with van der Waals surface area (Å²) in [6, 6.07) is 14.4. The number of ketones is 1. The number of carbonyl (C=O) groups excluding carboxylic acids is 1. The summed E-state index contributed by atoms with van der Waals surface area (Å²) in [5.74, 6) is -1.50. The van der Waals surface area contributed by atoms with Gasteiger partial charge in [-0.25, -0.2) is 22.2 Å². The number of nitrogens with one attached hydrogen (secondary N) is 2. The van der Waals surface area contributed by atoms with Crippen molar-refractivity contribution in [2.45, 2.75) is 37.9 Å². The number of aromatic nitrogens is 1. The maximum atomic E-state index is 13.7. The summed E-state index contributed by atoms with van der Waals surface area (Å²) in [6.45, 7) is -0.146. The number of carbonyl (C=O) groups is 1. The van der Waals surface area contributed by atoms with Crippen LogP contribution in [0.4, 0.5) is 45.0 Å². The lowest BCUT2D eigenvalue weighted by atomic mass is 9.96. The van der Waals surface area contributed by atoms with Crippen molar-refractivity contribution >= 4 is 38.8 Å². The summed E-state index contributed by atoms with van der Waals surface area (Å²) in [5, 5.41) is 5.56. The number of sulfonamides is 1. The van der Waals surface area contributed by atoms with Crippen molar-refractivity contribution in [3.05, 3.63) is 77.4 Å². The van der Waals surface area contributed by atoms with Gasteiger partial charge in [-0.2, -0.15) is 13.2 Å². The lowest BCUT2D eigenvalue weighted by Crippen LogP contribution is -2.26. The highest BCUT2D eigenvalue weighted by Crippen LogP contribution is 2.36. The average Bonchev–Trinajstić information content (AvgIpc) is 3.24. The summed E-state index contributed by atoms with van der Waals surface area (Å²) in [7, 11) is -2.26. The molecule has 0 amide bonds. The summed E-state index contributed by atoms with van der Waals surface area (Å²) in [4.78, 5) is 16.7. The van der Waals surface area contributed by atoms with Crippen LogP contribution in [0.25, 0.3) is 0 Å². The highest BCUT2D eigenvalue weighted by Gasteiger charge is 2.38. The van der Waals surface area contributed by atoms with Crippen molar-refractivity contribution in [1.29, 1.82) is 0 Å². The topological polar surface area (TPSA) is 91.4 Å². The number of rotatable bonds is 9. The fourth-order valence-corrected chi connectivity index (χ4v) is 5.00. The van der Waals surface area contributed by atoms with E-state index in [1.54, 1.807) is 24.3 Å². The van der Waals surface area contributed by atoms with Crippen LogP contribution in [-0.2, 0) is 22.7 Å². The molecule has 0 radical (unpaired) electrons. The third-order valence-electron chi connectivity index (χ3n) is 6.70. The molecule has 7 nitrogen and oxygen atoms in total. The van der Waals surface area contributed by atoms with Gasteiger partial charge >= 0.3 is 6.18 Å². The van der Waals surface area contributed by atoms with E-state index >= 15 is 0 Å². The van der Waals surface area contributed by atoms with Crippen LogP contribution >= 0.6 is 0 Å². The molecule has 2 aromatic carbocycles. The van der Waals surface area contributed by atoms with Gasteiger partial charge in [-0.3, -0.25) is 9.10 Å². The Bertz CT molecular complexity index is 1470. The molecule has 13 heteroatoms. The van der Waals surface area contributed by atoms with Crippen LogP contribution in [0.15, 0.2) is 60.7 Å². The van der Waals surface area contributed by atoms with Gasteiger partial charge in [0.1, 0.15) is 24.0 Å². The van der Waals surface area contributed by atoms with Gasteiger partial charge in [-0.05, 0) is 60.9 Å². The maximum absolute atomic E-state index is 13.7. The SMILES string of the molecule is CN(c1ccccc1CNc1nc(Nc2ccc(C(=O)C3C[C@@H](F)[C@@H](F)C3)cc2)ccc1C(F)(F)F)S(C)(=O)=O. The van der Waals surface area contributed by atoms with E-state index in [9.17, 15) is 35.2 Å². The first-order chi connectivity index (χ1) is 18.7. The van der Waals surface area contributed by atoms with E-state index in [-0.39, 0.29) is 36.6 Å². The van der Waals surface area contributed by atoms with Gasteiger partial charge in [0.25, 0.3) is 0 Å². The number of para-hydroxylation sites is 1. The predicted octanol–water partition coefficient (Wildman–Crippen LogP) is 6.12. The number of pyridine rings is 1. The van der Waals surface area contributed by atoms with Gasteiger partial charge in [0, 0.05) is 30.8 Å². The summed E-state index contributed by atoms with van der Waals surface area (Å²) in [5.41, 5.74) is 0.424. The maximum Gasteiger partial charge on any atom is 0.419 e. The van der Waals surface area contributed by atoms with E-state index in [4.69, 9.17) is 0 Å². The molecule has 4 rings (SSSR count). The third-order valence-corrected chi connectivity index (χ3v) is 7.89. The van der Waals surface area contributed by atoms with Crippen molar-refractivity contribution < 1.29 is 35.2 Å². The van der Waals surface area contributed by atoms with E-state index in [1.807, 2.05) is 0 Å². The fourth-order valence-electron chi connectivity index (χ4n) is 4.47. The number of Topliss-reactive ketones (excluding diaryl/α,β-unsaturated/α-hetero) is 1. The molecule has 1 aliphatic rings. The lowest BCUT2D eigenvalue weighted by molar-refractivity contribution is -0.137. The van der Waals surface area contributed by atoms with Crippen molar-refractivity contribution in [3.63, 3.8) is 0 Å². The summed E-state index contributed by atoms with van der Waals surface area (Å²) in [6.07, 6.45) is -7.34. The molecule has 1 saturated carbocycles. The minimum absolute atomic E-state index is 0.0763. The van der Waals surface area contributed by atoms with Crippen molar-refractivity contribution in [2.75, 3.05) is 28.2 Å². The Labute approximate surface area is 228 Å². The standard InChI is InChI=1S/C27H27F5N4O3S/c1-36(40(2,38)39)23-6-4-3-5-17(23)15-33-26-20(27(30,31)32)11-12-24(35-26)34-19-9-7-16(8-10-19)25(37)18-13-21(28)22(29)14-18/h3-12,18,21-22H,13-15H2,1-2H3,(H2,33,34,35)/t18?,21-,22+. The molecule has 1 aromatic heterocycles. The van der Waals surface area contributed by atoms with E-state index < -0.39 is 45.8 Å². The Hall–Kier alpha value is -3.74. The Balaban J connectivity index is 1.53. The smallest absolute Gasteiger partial charge is 0.365 e. The number of anilines is 4. The first-order valence-electron chi connectivity index (χ1n) is 12.3. The zero-order valence-electron chi connectivity index (χ0n) is 21.5. The molecule has 1 aliphatic carbocycles. The number of hydrogen-bond acceptors (Lipinski definition) is 6. The molecule has 1 fully saturated rings. The van der Waals surface area contributed by atoms with Crippen LogP contribution in [0.3, 0.4) is 0 Å². The second kappa shape index (κ2) is 11.4. The second-order valence-corrected chi connectivity index (χ2v) is 11.6. The minimum Gasteiger partial charge on any atom is -0.365 e. The largest absolute Gasteiger partial charge is 0.419 e. The first-order valence-corrected chi connectivity index (χ1v) is 14.1. The zero-order valence-corrected chi connectivity index (χ0v) is 22.4. The van der Waals surface area contributed by atoms with E-state index in [0.29, 0.717) is 16.9 Å². The van der Waals surface area contributed by atoms with Crippen LogP contribution in [0.1, 0.15) is 34.3 Å². The molecular weight excluding hydrogens is 555 g/mol. The summed E-state index contributed by atoms with van der Waals surface area (Å²) < 4.78 is 93.2. The molecule has 2 N–H and O–H groups in total. The highest BCUT2D eigenvalue weighted by molar-refractivity contribution is 7.92. The Kier molecular flexibility index (Phi) is 8.33. The van der Waals surface area contributed by atoms with Gasteiger partial charge in [0.15, 0.2) is 5.78 Å². The summed E-state index contributed by atoms with van der Waals surface area (Å²) >= 11 is 0. The Morgan fingerprint density at radius 2 is 1.62 bits per heavy atom. The predicted molar refractivity (Wildman–Crippen MR) is 143 cm³/mol. The van der Waals surface area contributed by atoms with Gasteiger partial charge in [0.05, 0.1) is 17.5 Å². The monoisotopic (exact) mass is 582 g/mol. The zero-order chi connectivity index (χ0) is 29.2. The Morgan fingerprint density at radius 1 is 1.00 bits per heavy atom. The highest BCUT2D eigenvalue weighted by atomic mass is 32.2. The molecule has 1 unspecified atom stereocenters. The normalized spacial score (nSPS) is 19.3. The molecule has 3 aromatic rings. The molecule has 0 saturated heterocycles. The molecule has 214 valence electrons. The van der Waals surface area contributed by atoms with Crippen LogP contribution in [0, 0.1) is 5.92 Å². The van der Waals surface area contributed by atoms with Crippen LogP contribution < -0.4 is 14.9 Å². The molecule has 1 heterocycles. The first kappa shape index (κ1) is 29.2. The quantitative estimate of drug-likeness (QED) is 0.233. The van der Waals surface area contributed by atoms with Crippen molar-refractivity contribution in [3.8, 4) is 0 Å². The van der Waals surface area contributed by atoms with Gasteiger partial charge in [-0.15, -0.1) is 0 Å². The van der Waals surface area contributed by atoms with Gasteiger partial charge in [0.2, 0.25) is 10.0 Å². The number of halogens is 5. The molecule has 0 aliphatic heterocycles. The van der Waals surface area contributed by atoms with E-state index in [1.165, 1.54) is 31.3 Å². The Morgan fingerprint density at radius 3 is 2.23 bits per heavy atom. The molecule has 0 bridgehead atoms. The number of hydrogen-bond donors (Lipinski definition) is 2.